The van der Waals surface area contributed by atoms with Crippen molar-refractivity contribution in [2.45, 2.75) is 31.3 Å². The number of aliphatic hydroxyl groups is 1. The Kier molecular flexibility index (Phi) is 7.03. The van der Waals surface area contributed by atoms with Crippen LogP contribution in [0.3, 0.4) is 0 Å². The summed E-state index contributed by atoms with van der Waals surface area (Å²) < 4.78 is 0. The van der Waals surface area contributed by atoms with Crippen molar-refractivity contribution in [3.05, 3.63) is 54.0 Å². The van der Waals surface area contributed by atoms with Gasteiger partial charge in [-0.2, -0.15) is 0 Å². The number of hydrogen-bond acceptors (Lipinski definition) is 9. The van der Waals surface area contributed by atoms with Crippen LogP contribution in [0.4, 0.5) is 23.1 Å². The maximum atomic E-state index is 12.5. The molecule has 162 valence electrons. The van der Waals surface area contributed by atoms with Gasteiger partial charge >= 0.3 is 0 Å². The second-order valence-corrected chi connectivity index (χ2v) is 7.99. The fourth-order valence-electron chi connectivity index (χ4n) is 2.70. The van der Waals surface area contributed by atoms with Crippen LogP contribution in [-0.2, 0) is 5.60 Å². The molecule has 1 amide bonds. The van der Waals surface area contributed by atoms with Crippen molar-refractivity contribution in [1.82, 2.24) is 25.5 Å². The van der Waals surface area contributed by atoms with E-state index in [-0.39, 0.29) is 11.6 Å². The largest absolute Gasteiger partial charge is 0.386 e. The minimum atomic E-state index is -0.978. The molecule has 0 aliphatic rings. The van der Waals surface area contributed by atoms with Crippen molar-refractivity contribution >= 4 is 40.8 Å². The molecule has 0 fully saturated rings. The molecule has 0 saturated heterocycles. The highest BCUT2D eigenvalue weighted by atomic mass is 32.2. The number of carbonyl (C=O) groups excluding carboxylic acids is 1. The van der Waals surface area contributed by atoms with Crippen LogP contribution < -0.4 is 16.0 Å². The van der Waals surface area contributed by atoms with Crippen molar-refractivity contribution in [1.29, 1.82) is 0 Å². The van der Waals surface area contributed by atoms with Gasteiger partial charge in [-0.05, 0) is 45.2 Å². The quantitative estimate of drug-likeness (QED) is 0.390. The molecule has 0 spiro atoms. The van der Waals surface area contributed by atoms with Gasteiger partial charge in [0.15, 0.2) is 11.5 Å². The molecule has 0 unspecified atom stereocenters. The van der Waals surface area contributed by atoms with E-state index >= 15 is 0 Å². The lowest BCUT2D eigenvalue weighted by molar-refractivity contribution is 0.0782. The van der Waals surface area contributed by atoms with Gasteiger partial charge < -0.3 is 21.1 Å². The SMILES string of the molecule is CCNC(=O)c1nnc(Nc2ccc(C(C)(C)O)cn2)cc1Nc1ncccc1SC. The third kappa shape index (κ3) is 5.68. The Morgan fingerprint density at radius 2 is 1.94 bits per heavy atom. The highest BCUT2D eigenvalue weighted by molar-refractivity contribution is 7.98. The van der Waals surface area contributed by atoms with Gasteiger partial charge in [-0.15, -0.1) is 22.0 Å². The topological polar surface area (TPSA) is 125 Å². The van der Waals surface area contributed by atoms with E-state index in [0.717, 1.165) is 4.90 Å². The number of nitrogens with zero attached hydrogens (tertiary/aromatic N) is 4. The summed E-state index contributed by atoms with van der Waals surface area (Å²) in [6.07, 6.45) is 5.22. The predicted octanol–water partition coefficient (Wildman–Crippen LogP) is 3.45. The third-order valence-electron chi connectivity index (χ3n) is 4.32. The molecule has 0 aliphatic heterocycles. The molecule has 0 bridgehead atoms. The first-order chi connectivity index (χ1) is 14.8. The highest BCUT2D eigenvalue weighted by Crippen LogP contribution is 2.28. The van der Waals surface area contributed by atoms with Crippen molar-refractivity contribution in [3.63, 3.8) is 0 Å². The number of carbonyl (C=O) groups is 1. The third-order valence-corrected chi connectivity index (χ3v) is 5.09. The van der Waals surface area contributed by atoms with E-state index in [0.29, 0.717) is 35.2 Å². The monoisotopic (exact) mass is 439 g/mol. The maximum Gasteiger partial charge on any atom is 0.273 e. The molecule has 10 heteroatoms. The van der Waals surface area contributed by atoms with E-state index in [2.05, 4.69) is 36.1 Å². The summed E-state index contributed by atoms with van der Waals surface area (Å²) >= 11 is 1.54. The number of aromatic nitrogens is 4. The summed E-state index contributed by atoms with van der Waals surface area (Å²) in [5.41, 5.74) is 0.341. The van der Waals surface area contributed by atoms with E-state index in [4.69, 9.17) is 0 Å². The molecule has 0 aliphatic carbocycles. The van der Waals surface area contributed by atoms with Gasteiger partial charge in [0.25, 0.3) is 5.91 Å². The molecule has 0 saturated carbocycles. The molecule has 0 atom stereocenters. The maximum absolute atomic E-state index is 12.5. The molecule has 0 radical (unpaired) electrons. The Hall–Kier alpha value is -3.24. The summed E-state index contributed by atoms with van der Waals surface area (Å²) in [7, 11) is 0. The van der Waals surface area contributed by atoms with Crippen LogP contribution in [0.25, 0.3) is 0 Å². The number of pyridine rings is 2. The number of thioether (sulfide) groups is 1. The van der Waals surface area contributed by atoms with Gasteiger partial charge in [-0.1, -0.05) is 6.07 Å². The van der Waals surface area contributed by atoms with Gasteiger partial charge in [0.2, 0.25) is 0 Å². The van der Waals surface area contributed by atoms with Gasteiger partial charge in [0.1, 0.15) is 11.6 Å². The van der Waals surface area contributed by atoms with Gasteiger partial charge in [-0.3, -0.25) is 4.79 Å². The Balaban J connectivity index is 1.92. The Bertz CT molecular complexity index is 1050. The first-order valence-electron chi connectivity index (χ1n) is 9.69. The van der Waals surface area contributed by atoms with E-state index in [1.54, 1.807) is 56.2 Å². The molecule has 9 nitrogen and oxygen atoms in total. The molecule has 3 heterocycles. The van der Waals surface area contributed by atoms with Crippen LogP contribution in [0, 0.1) is 0 Å². The standard InChI is InChI=1S/C21H25N7O2S/c1-5-22-20(29)18-14(25-19-15(31-4)7-6-10-23-19)11-17(27-28-18)26-16-9-8-13(12-24-16)21(2,3)30/h6-12,30H,5H2,1-4H3,(H,22,29)(H2,23,24,25,26,27). The zero-order chi connectivity index (χ0) is 22.4. The lowest BCUT2D eigenvalue weighted by Gasteiger charge is -2.17. The zero-order valence-electron chi connectivity index (χ0n) is 17.8. The van der Waals surface area contributed by atoms with Crippen LogP contribution in [0.15, 0.2) is 47.6 Å². The number of hydrogen-bond donors (Lipinski definition) is 4. The van der Waals surface area contributed by atoms with Crippen molar-refractivity contribution in [2.75, 3.05) is 23.4 Å². The van der Waals surface area contributed by atoms with E-state index in [1.165, 1.54) is 0 Å². The average Bonchev–Trinajstić information content (AvgIpc) is 2.74. The summed E-state index contributed by atoms with van der Waals surface area (Å²) in [5, 5.41) is 27.3. The fourth-order valence-corrected chi connectivity index (χ4v) is 3.21. The molecular weight excluding hydrogens is 414 g/mol. The number of nitrogens with one attached hydrogen (secondary N) is 3. The lowest BCUT2D eigenvalue weighted by Crippen LogP contribution is -2.25. The minimum absolute atomic E-state index is 0.162. The summed E-state index contributed by atoms with van der Waals surface area (Å²) in [5.74, 6) is 1.22. The Morgan fingerprint density at radius 3 is 2.58 bits per heavy atom. The molecule has 3 aromatic rings. The average molecular weight is 440 g/mol. The van der Waals surface area contributed by atoms with Crippen molar-refractivity contribution in [2.24, 2.45) is 0 Å². The predicted molar refractivity (Wildman–Crippen MR) is 122 cm³/mol. The van der Waals surface area contributed by atoms with Gasteiger partial charge in [0.05, 0.1) is 11.3 Å². The molecule has 4 N–H and O–H groups in total. The summed E-state index contributed by atoms with van der Waals surface area (Å²) in [4.78, 5) is 22.1. The highest BCUT2D eigenvalue weighted by Gasteiger charge is 2.18. The van der Waals surface area contributed by atoms with Crippen molar-refractivity contribution < 1.29 is 9.90 Å². The zero-order valence-corrected chi connectivity index (χ0v) is 18.6. The molecule has 0 aromatic carbocycles. The molecular formula is C21H25N7O2S. The number of amides is 1. The smallest absolute Gasteiger partial charge is 0.273 e. The lowest BCUT2D eigenvalue weighted by atomic mass is 10.0. The first kappa shape index (κ1) is 22.4. The van der Waals surface area contributed by atoms with Gasteiger partial charge in [0, 0.05) is 35.5 Å². The van der Waals surface area contributed by atoms with E-state index in [9.17, 15) is 9.90 Å². The van der Waals surface area contributed by atoms with Crippen LogP contribution in [0.2, 0.25) is 0 Å². The fraction of sp³-hybridized carbons (Fsp3) is 0.286. The van der Waals surface area contributed by atoms with Crippen LogP contribution in [0.1, 0.15) is 36.8 Å². The second kappa shape index (κ2) is 9.71. The molecule has 3 aromatic heterocycles. The van der Waals surface area contributed by atoms with Crippen molar-refractivity contribution in [3.8, 4) is 0 Å². The summed E-state index contributed by atoms with van der Waals surface area (Å²) in [6, 6.07) is 8.99. The van der Waals surface area contributed by atoms with Crippen LogP contribution >= 0.6 is 11.8 Å². The Labute approximate surface area is 185 Å². The molecule has 31 heavy (non-hydrogen) atoms. The van der Waals surface area contributed by atoms with E-state index in [1.807, 2.05) is 25.3 Å². The number of rotatable bonds is 8. The first-order valence-corrected chi connectivity index (χ1v) is 10.9. The second-order valence-electron chi connectivity index (χ2n) is 7.15. The van der Waals surface area contributed by atoms with Gasteiger partial charge in [-0.25, -0.2) is 9.97 Å². The molecule has 3 rings (SSSR count). The Morgan fingerprint density at radius 1 is 1.13 bits per heavy atom. The normalized spacial score (nSPS) is 11.1. The summed E-state index contributed by atoms with van der Waals surface area (Å²) in [6.45, 7) is 5.70. The number of anilines is 4. The van der Waals surface area contributed by atoms with Crippen LogP contribution in [-0.4, -0.2) is 44.0 Å². The van der Waals surface area contributed by atoms with Crippen LogP contribution in [0.5, 0.6) is 0 Å². The van der Waals surface area contributed by atoms with E-state index < -0.39 is 5.60 Å². The minimum Gasteiger partial charge on any atom is -0.386 e.